The summed E-state index contributed by atoms with van der Waals surface area (Å²) in [6.45, 7) is 4.26. The fourth-order valence-corrected chi connectivity index (χ4v) is 2.59. The van der Waals surface area contributed by atoms with Crippen molar-refractivity contribution < 1.29 is 8.42 Å². The van der Waals surface area contributed by atoms with Gasteiger partial charge in [-0.3, -0.25) is 4.72 Å². The number of hydrogen-bond donors (Lipinski definition) is 2. The van der Waals surface area contributed by atoms with E-state index in [1.54, 1.807) is 18.2 Å². The second-order valence-electron chi connectivity index (χ2n) is 3.98. The van der Waals surface area contributed by atoms with E-state index in [4.69, 9.17) is 11.6 Å². The standard InChI is InChI=1S/C10H14BrClN2O2S/c1-7(2)6-13-17(15,16)14-8-3-4-10(12)9(11)5-8/h3-5,7,13-14H,6H2,1-2H3. The number of hydrogen-bond acceptors (Lipinski definition) is 2. The third-order valence-corrected chi connectivity index (χ3v) is 4.12. The minimum atomic E-state index is -3.52. The van der Waals surface area contributed by atoms with Gasteiger partial charge in [-0.05, 0) is 40.0 Å². The Morgan fingerprint density at radius 2 is 2.06 bits per heavy atom. The Labute approximate surface area is 115 Å². The monoisotopic (exact) mass is 340 g/mol. The lowest BCUT2D eigenvalue weighted by Crippen LogP contribution is -2.32. The molecule has 7 heteroatoms. The highest BCUT2D eigenvalue weighted by Gasteiger charge is 2.10. The maximum absolute atomic E-state index is 11.6. The highest BCUT2D eigenvalue weighted by Crippen LogP contribution is 2.25. The zero-order valence-corrected chi connectivity index (χ0v) is 12.7. The van der Waals surface area contributed by atoms with Crippen LogP contribution in [0, 0.1) is 5.92 Å². The predicted molar refractivity (Wildman–Crippen MR) is 74.5 cm³/mol. The molecule has 0 heterocycles. The van der Waals surface area contributed by atoms with Crippen molar-refractivity contribution >= 4 is 43.4 Å². The topological polar surface area (TPSA) is 58.2 Å². The summed E-state index contributed by atoms with van der Waals surface area (Å²) >= 11 is 9.04. The maximum atomic E-state index is 11.6. The molecule has 0 radical (unpaired) electrons. The number of halogens is 2. The fourth-order valence-electron chi connectivity index (χ4n) is 1.03. The number of anilines is 1. The summed E-state index contributed by atoms with van der Waals surface area (Å²) in [5.41, 5.74) is 0.456. The van der Waals surface area contributed by atoms with Gasteiger partial charge in [0.1, 0.15) is 0 Å². The largest absolute Gasteiger partial charge is 0.299 e. The van der Waals surface area contributed by atoms with E-state index in [0.29, 0.717) is 21.7 Å². The molecule has 0 atom stereocenters. The average molecular weight is 342 g/mol. The molecular weight excluding hydrogens is 328 g/mol. The molecular formula is C10H14BrClN2O2S. The van der Waals surface area contributed by atoms with Crippen LogP contribution in [0.3, 0.4) is 0 Å². The van der Waals surface area contributed by atoms with E-state index < -0.39 is 10.2 Å². The van der Waals surface area contributed by atoms with Gasteiger partial charge in [0.25, 0.3) is 10.2 Å². The van der Waals surface area contributed by atoms with Crippen molar-refractivity contribution in [1.29, 1.82) is 0 Å². The van der Waals surface area contributed by atoms with E-state index in [0.717, 1.165) is 0 Å². The summed E-state index contributed by atoms with van der Waals surface area (Å²) < 4.78 is 28.8. The SMILES string of the molecule is CC(C)CNS(=O)(=O)Nc1ccc(Cl)c(Br)c1. The molecule has 0 saturated heterocycles. The summed E-state index contributed by atoms with van der Waals surface area (Å²) in [6, 6.07) is 4.82. The van der Waals surface area contributed by atoms with Gasteiger partial charge in [-0.1, -0.05) is 25.4 Å². The van der Waals surface area contributed by atoms with Gasteiger partial charge in [0.15, 0.2) is 0 Å². The Bertz CT molecular complexity index is 491. The average Bonchev–Trinajstić information content (AvgIpc) is 2.21. The zero-order valence-electron chi connectivity index (χ0n) is 9.50. The number of benzene rings is 1. The Kier molecular flexibility index (Phi) is 5.24. The molecule has 0 bridgehead atoms. The molecule has 0 aromatic heterocycles. The Morgan fingerprint density at radius 3 is 2.59 bits per heavy atom. The first kappa shape index (κ1) is 14.8. The molecule has 17 heavy (non-hydrogen) atoms. The molecule has 0 aliphatic carbocycles. The lowest BCUT2D eigenvalue weighted by Gasteiger charge is -2.11. The second-order valence-corrected chi connectivity index (χ2v) is 6.74. The van der Waals surface area contributed by atoms with Crippen molar-refractivity contribution in [3.63, 3.8) is 0 Å². The summed E-state index contributed by atoms with van der Waals surface area (Å²) in [7, 11) is -3.52. The minimum Gasteiger partial charge on any atom is -0.271 e. The van der Waals surface area contributed by atoms with E-state index >= 15 is 0 Å². The number of rotatable bonds is 5. The summed E-state index contributed by atoms with van der Waals surface area (Å²) in [5.74, 6) is 0.253. The van der Waals surface area contributed by atoms with Crippen molar-refractivity contribution in [2.24, 2.45) is 5.92 Å². The molecule has 0 amide bonds. The van der Waals surface area contributed by atoms with E-state index in [1.807, 2.05) is 13.8 Å². The fraction of sp³-hybridized carbons (Fsp3) is 0.400. The van der Waals surface area contributed by atoms with Gasteiger partial charge < -0.3 is 0 Å². The minimum absolute atomic E-state index is 0.253. The first-order valence-electron chi connectivity index (χ1n) is 5.02. The van der Waals surface area contributed by atoms with Gasteiger partial charge in [0.05, 0.1) is 10.7 Å². The second kappa shape index (κ2) is 6.04. The van der Waals surface area contributed by atoms with Crippen molar-refractivity contribution in [3.8, 4) is 0 Å². The van der Waals surface area contributed by atoms with E-state index in [2.05, 4.69) is 25.4 Å². The highest BCUT2D eigenvalue weighted by molar-refractivity contribution is 9.10. The Morgan fingerprint density at radius 1 is 1.41 bits per heavy atom. The summed E-state index contributed by atoms with van der Waals surface area (Å²) in [6.07, 6.45) is 0. The molecule has 0 unspecified atom stereocenters. The van der Waals surface area contributed by atoms with Crippen LogP contribution >= 0.6 is 27.5 Å². The molecule has 0 aliphatic heterocycles. The van der Waals surface area contributed by atoms with Crippen LogP contribution in [0.1, 0.15) is 13.8 Å². The molecule has 1 aromatic carbocycles. The van der Waals surface area contributed by atoms with Crippen LogP contribution in [-0.2, 0) is 10.2 Å². The van der Waals surface area contributed by atoms with Crippen LogP contribution in [0.5, 0.6) is 0 Å². The van der Waals surface area contributed by atoms with Crippen LogP contribution in [0.2, 0.25) is 5.02 Å². The Hall–Kier alpha value is -0.300. The first-order valence-corrected chi connectivity index (χ1v) is 7.68. The number of nitrogens with one attached hydrogen (secondary N) is 2. The molecule has 0 fully saturated rings. The first-order chi connectivity index (χ1) is 7.80. The summed E-state index contributed by atoms with van der Waals surface area (Å²) in [4.78, 5) is 0. The molecule has 0 spiro atoms. The van der Waals surface area contributed by atoms with Crippen molar-refractivity contribution in [1.82, 2.24) is 4.72 Å². The lowest BCUT2D eigenvalue weighted by molar-refractivity contribution is 0.565. The molecule has 0 aliphatic rings. The smallest absolute Gasteiger partial charge is 0.271 e. The third-order valence-electron chi connectivity index (χ3n) is 1.85. The predicted octanol–water partition coefficient (Wildman–Crippen LogP) is 3.00. The maximum Gasteiger partial charge on any atom is 0.299 e. The Balaban J connectivity index is 2.73. The van der Waals surface area contributed by atoms with Crippen LogP contribution < -0.4 is 9.44 Å². The van der Waals surface area contributed by atoms with E-state index in [1.165, 1.54) is 0 Å². The quantitative estimate of drug-likeness (QED) is 0.865. The van der Waals surface area contributed by atoms with Gasteiger partial charge >= 0.3 is 0 Å². The van der Waals surface area contributed by atoms with Gasteiger partial charge in [-0.25, -0.2) is 0 Å². The van der Waals surface area contributed by atoms with Gasteiger partial charge in [-0.2, -0.15) is 13.1 Å². The zero-order chi connectivity index (χ0) is 13.1. The van der Waals surface area contributed by atoms with Crippen LogP contribution in [0.4, 0.5) is 5.69 Å². The van der Waals surface area contributed by atoms with Gasteiger partial charge in [-0.15, -0.1) is 0 Å². The lowest BCUT2D eigenvalue weighted by atomic mass is 10.2. The van der Waals surface area contributed by atoms with E-state index in [-0.39, 0.29) is 5.92 Å². The van der Waals surface area contributed by atoms with Crippen LogP contribution in [0.15, 0.2) is 22.7 Å². The molecule has 96 valence electrons. The van der Waals surface area contributed by atoms with Crippen LogP contribution in [0.25, 0.3) is 0 Å². The van der Waals surface area contributed by atoms with Crippen molar-refractivity contribution in [3.05, 3.63) is 27.7 Å². The van der Waals surface area contributed by atoms with Gasteiger partial charge in [0, 0.05) is 11.0 Å². The van der Waals surface area contributed by atoms with Crippen molar-refractivity contribution in [2.45, 2.75) is 13.8 Å². The molecule has 1 rings (SSSR count). The molecule has 0 saturated carbocycles. The van der Waals surface area contributed by atoms with Gasteiger partial charge in [0.2, 0.25) is 0 Å². The summed E-state index contributed by atoms with van der Waals surface area (Å²) in [5, 5.41) is 0.531. The van der Waals surface area contributed by atoms with E-state index in [9.17, 15) is 8.42 Å². The normalized spacial score (nSPS) is 11.8. The molecule has 2 N–H and O–H groups in total. The van der Waals surface area contributed by atoms with Crippen LogP contribution in [-0.4, -0.2) is 15.0 Å². The molecule has 4 nitrogen and oxygen atoms in total. The third kappa shape index (κ3) is 5.25. The highest BCUT2D eigenvalue weighted by atomic mass is 79.9. The van der Waals surface area contributed by atoms with Crippen molar-refractivity contribution in [2.75, 3.05) is 11.3 Å². The molecule has 1 aromatic rings.